The highest BCUT2D eigenvalue weighted by molar-refractivity contribution is 7.80. The van der Waals surface area contributed by atoms with Gasteiger partial charge in [0.15, 0.2) is 16.6 Å². The number of benzene rings is 1. The van der Waals surface area contributed by atoms with Crippen LogP contribution in [0.15, 0.2) is 29.5 Å². The van der Waals surface area contributed by atoms with Crippen LogP contribution in [0.1, 0.15) is 24.9 Å². The average Bonchev–Trinajstić information content (AvgIpc) is 2.78. The number of allylic oxidation sites excluding steroid dienone is 1. The average molecular weight is 334 g/mol. The van der Waals surface area contributed by atoms with E-state index in [0.29, 0.717) is 41.1 Å². The fraction of sp³-hybridized carbons (Fsp3) is 0.375. The third kappa shape index (κ3) is 2.96. The molecule has 0 bridgehead atoms. The Morgan fingerprint density at radius 2 is 2.13 bits per heavy atom. The molecule has 2 heterocycles. The van der Waals surface area contributed by atoms with E-state index in [9.17, 15) is 4.79 Å². The van der Waals surface area contributed by atoms with E-state index in [0.717, 1.165) is 12.0 Å². The van der Waals surface area contributed by atoms with Crippen LogP contribution in [0.5, 0.6) is 11.5 Å². The van der Waals surface area contributed by atoms with Gasteiger partial charge in [-0.15, -0.1) is 0 Å². The Balaban J connectivity index is 2.10. The number of esters is 1. The molecule has 2 aliphatic rings. The van der Waals surface area contributed by atoms with Gasteiger partial charge in [0.25, 0.3) is 0 Å². The van der Waals surface area contributed by atoms with Gasteiger partial charge in [0, 0.05) is 17.7 Å². The first-order chi connectivity index (χ1) is 11.1. The standard InChI is InChI=1S/C16H18N2O4S/c1-9-12(15(19)20-2)13(18-16(23)17-9)10-5-3-6-11-14(10)22-8-4-7-21-11/h3,5-6,13H,4,7-8H2,1-2H3,(H2,17,18,23)/t13-/m1/s1. The molecule has 1 aromatic carbocycles. The number of thiocarbonyl (C=S) groups is 1. The van der Waals surface area contributed by atoms with Crippen molar-refractivity contribution in [2.45, 2.75) is 19.4 Å². The molecule has 122 valence electrons. The van der Waals surface area contributed by atoms with Crippen LogP contribution in [0.25, 0.3) is 0 Å². The normalized spacial score (nSPS) is 20.3. The number of nitrogens with one attached hydrogen (secondary N) is 2. The fourth-order valence-corrected chi connectivity index (χ4v) is 3.02. The molecule has 0 saturated heterocycles. The Hall–Kier alpha value is -2.28. The van der Waals surface area contributed by atoms with Crippen molar-refractivity contribution < 1.29 is 19.0 Å². The Morgan fingerprint density at radius 3 is 2.91 bits per heavy atom. The molecule has 0 unspecified atom stereocenters. The third-order valence-corrected chi connectivity index (χ3v) is 4.01. The zero-order valence-electron chi connectivity index (χ0n) is 13.0. The van der Waals surface area contributed by atoms with Crippen molar-refractivity contribution in [3.8, 4) is 11.5 Å². The number of methoxy groups -OCH3 is 1. The summed E-state index contributed by atoms with van der Waals surface area (Å²) in [5.74, 6) is 0.900. The summed E-state index contributed by atoms with van der Waals surface area (Å²) in [5, 5.41) is 6.54. The molecular weight excluding hydrogens is 316 g/mol. The summed E-state index contributed by atoms with van der Waals surface area (Å²) in [5.41, 5.74) is 1.94. The summed E-state index contributed by atoms with van der Waals surface area (Å²) < 4.78 is 16.5. The molecule has 3 rings (SSSR count). The monoisotopic (exact) mass is 334 g/mol. The Kier molecular flexibility index (Phi) is 4.38. The Bertz CT molecular complexity index is 687. The van der Waals surface area contributed by atoms with Crippen molar-refractivity contribution in [1.82, 2.24) is 10.6 Å². The summed E-state index contributed by atoms with van der Waals surface area (Å²) in [6.07, 6.45) is 0.810. The first kappa shape index (κ1) is 15.6. The largest absolute Gasteiger partial charge is 0.490 e. The zero-order chi connectivity index (χ0) is 16.4. The Labute approximate surface area is 139 Å². The predicted molar refractivity (Wildman–Crippen MR) is 88.4 cm³/mol. The molecule has 1 atom stereocenters. The summed E-state index contributed by atoms with van der Waals surface area (Å²) in [6, 6.07) is 5.18. The lowest BCUT2D eigenvalue weighted by Crippen LogP contribution is -2.45. The first-order valence-corrected chi connectivity index (χ1v) is 7.77. The van der Waals surface area contributed by atoms with Gasteiger partial charge >= 0.3 is 5.97 Å². The van der Waals surface area contributed by atoms with E-state index in [-0.39, 0.29) is 0 Å². The number of para-hydroxylation sites is 1. The number of hydrogen-bond acceptors (Lipinski definition) is 5. The van der Waals surface area contributed by atoms with Crippen molar-refractivity contribution in [3.63, 3.8) is 0 Å². The van der Waals surface area contributed by atoms with E-state index >= 15 is 0 Å². The zero-order valence-corrected chi connectivity index (χ0v) is 13.8. The lowest BCUT2D eigenvalue weighted by atomic mass is 9.94. The van der Waals surface area contributed by atoms with E-state index in [1.807, 2.05) is 18.2 Å². The number of ether oxygens (including phenoxy) is 3. The second kappa shape index (κ2) is 6.45. The van der Waals surface area contributed by atoms with Crippen molar-refractivity contribution in [3.05, 3.63) is 35.0 Å². The van der Waals surface area contributed by atoms with Crippen molar-refractivity contribution in [2.24, 2.45) is 0 Å². The molecule has 0 aromatic heterocycles. The van der Waals surface area contributed by atoms with Gasteiger partial charge in [0.05, 0.1) is 31.9 Å². The minimum absolute atomic E-state index is 0.415. The quantitative estimate of drug-likeness (QED) is 0.631. The third-order valence-electron chi connectivity index (χ3n) is 3.79. The topological polar surface area (TPSA) is 68.8 Å². The molecule has 0 amide bonds. The maximum absolute atomic E-state index is 12.2. The van der Waals surface area contributed by atoms with Crippen LogP contribution in [0.4, 0.5) is 0 Å². The van der Waals surface area contributed by atoms with Crippen molar-refractivity contribution in [2.75, 3.05) is 20.3 Å². The number of hydrogen-bond donors (Lipinski definition) is 2. The number of rotatable bonds is 2. The van der Waals surface area contributed by atoms with Crippen LogP contribution in [0.3, 0.4) is 0 Å². The van der Waals surface area contributed by atoms with Gasteiger partial charge in [-0.05, 0) is 25.2 Å². The van der Waals surface area contributed by atoms with Crippen LogP contribution in [0.2, 0.25) is 0 Å². The summed E-state index contributed by atoms with van der Waals surface area (Å²) in [6.45, 7) is 2.97. The molecule has 7 heteroatoms. The molecule has 2 N–H and O–H groups in total. The van der Waals surface area contributed by atoms with Gasteiger partial charge in [0.1, 0.15) is 0 Å². The van der Waals surface area contributed by atoms with E-state index in [4.69, 9.17) is 26.4 Å². The van der Waals surface area contributed by atoms with Gasteiger partial charge < -0.3 is 24.8 Å². The molecule has 1 aromatic rings. The maximum Gasteiger partial charge on any atom is 0.337 e. The predicted octanol–water partition coefficient (Wildman–Crippen LogP) is 1.81. The molecule has 6 nitrogen and oxygen atoms in total. The number of carbonyl (C=O) groups is 1. The highest BCUT2D eigenvalue weighted by Crippen LogP contribution is 2.40. The minimum atomic E-state index is -0.451. The van der Waals surface area contributed by atoms with E-state index < -0.39 is 12.0 Å². The van der Waals surface area contributed by atoms with Gasteiger partial charge in [-0.2, -0.15) is 0 Å². The minimum Gasteiger partial charge on any atom is -0.490 e. The van der Waals surface area contributed by atoms with Crippen LogP contribution < -0.4 is 20.1 Å². The maximum atomic E-state index is 12.2. The van der Waals surface area contributed by atoms with Crippen LogP contribution in [-0.4, -0.2) is 31.4 Å². The molecule has 2 aliphatic heterocycles. The molecular formula is C16H18N2O4S. The highest BCUT2D eigenvalue weighted by Gasteiger charge is 2.33. The van der Waals surface area contributed by atoms with Crippen molar-refractivity contribution in [1.29, 1.82) is 0 Å². The highest BCUT2D eigenvalue weighted by atomic mass is 32.1. The second-order valence-corrected chi connectivity index (χ2v) is 5.69. The van der Waals surface area contributed by atoms with Crippen LogP contribution >= 0.6 is 12.2 Å². The summed E-state index contributed by atoms with van der Waals surface area (Å²) in [7, 11) is 1.36. The van der Waals surface area contributed by atoms with E-state index in [1.165, 1.54) is 7.11 Å². The number of fused-ring (bicyclic) bond motifs is 1. The molecule has 0 aliphatic carbocycles. The second-order valence-electron chi connectivity index (χ2n) is 5.29. The first-order valence-electron chi connectivity index (χ1n) is 7.37. The smallest absolute Gasteiger partial charge is 0.337 e. The van der Waals surface area contributed by atoms with E-state index in [1.54, 1.807) is 6.92 Å². The van der Waals surface area contributed by atoms with Gasteiger partial charge in [-0.1, -0.05) is 12.1 Å². The molecule has 23 heavy (non-hydrogen) atoms. The molecule has 0 spiro atoms. The summed E-state index contributed by atoms with van der Waals surface area (Å²) in [4.78, 5) is 12.2. The lowest BCUT2D eigenvalue weighted by Gasteiger charge is -2.30. The SMILES string of the molecule is COC(=O)C1=C(C)NC(=S)N[C@@H]1c1cccc2c1OCCCO2. The molecule has 0 saturated carbocycles. The van der Waals surface area contributed by atoms with Gasteiger partial charge in [-0.25, -0.2) is 4.79 Å². The van der Waals surface area contributed by atoms with Gasteiger partial charge in [0.2, 0.25) is 0 Å². The van der Waals surface area contributed by atoms with Crippen molar-refractivity contribution >= 4 is 23.3 Å². The van der Waals surface area contributed by atoms with Crippen LogP contribution in [0, 0.1) is 0 Å². The van der Waals surface area contributed by atoms with Crippen LogP contribution in [-0.2, 0) is 9.53 Å². The van der Waals surface area contributed by atoms with Gasteiger partial charge in [-0.3, -0.25) is 0 Å². The summed E-state index contributed by atoms with van der Waals surface area (Å²) >= 11 is 5.24. The fourth-order valence-electron chi connectivity index (χ4n) is 2.75. The molecule has 0 radical (unpaired) electrons. The molecule has 0 fully saturated rings. The number of carbonyl (C=O) groups excluding carboxylic acids is 1. The van der Waals surface area contributed by atoms with E-state index in [2.05, 4.69) is 10.6 Å². The lowest BCUT2D eigenvalue weighted by molar-refractivity contribution is -0.136. The Morgan fingerprint density at radius 1 is 1.35 bits per heavy atom.